The number of halogens is 1. The van der Waals surface area contributed by atoms with E-state index >= 15 is 0 Å². The molecule has 0 aliphatic heterocycles. The van der Waals surface area contributed by atoms with Crippen molar-refractivity contribution in [2.24, 2.45) is 0 Å². The number of benzene rings is 1. The van der Waals surface area contributed by atoms with Crippen molar-refractivity contribution in [2.45, 2.75) is 17.3 Å². The lowest BCUT2D eigenvalue weighted by atomic mass is 10.2. The van der Waals surface area contributed by atoms with Gasteiger partial charge in [-0.2, -0.15) is 0 Å². The second kappa shape index (κ2) is 5.80. The van der Waals surface area contributed by atoms with Crippen LogP contribution < -0.4 is 0 Å². The first-order valence-corrected chi connectivity index (χ1v) is 6.18. The number of aliphatic hydroxyl groups excluding tert-OH is 1. The van der Waals surface area contributed by atoms with Crippen molar-refractivity contribution in [3.8, 4) is 0 Å². The average molecular weight is 249 g/mol. The molecule has 88 valence electrons. The highest BCUT2D eigenvalue weighted by atomic mass is 32.2. The Balaban J connectivity index is 2.02. The Hall–Kier alpha value is -1.39. The summed E-state index contributed by atoms with van der Waals surface area (Å²) < 4.78 is 12.9. The van der Waals surface area contributed by atoms with Gasteiger partial charge in [0.05, 0.1) is 12.8 Å². The molecule has 1 N–H and O–H groups in total. The Morgan fingerprint density at radius 1 is 1.18 bits per heavy atom. The van der Waals surface area contributed by atoms with E-state index in [1.54, 1.807) is 18.0 Å². The molecule has 17 heavy (non-hydrogen) atoms. The van der Waals surface area contributed by atoms with Crippen molar-refractivity contribution in [1.82, 2.24) is 4.98 Å². The molecule has 0 amide bonds. The van der Waals surface area contributed by atoms with Gasteiger partial charge in [0, 0.05) is 16.8 Å². The second-order valence-electron chi connectivity index (χ2n) is 3.61. The summed E-state index contributed by atoms with van der Waals surface area (Å²) in [4.78, 5) is 4.86. The minimum atomic E-state index is -0.313. The van der Waals surface area contributed by atoms with Gasteiger partial charge in [-0.25, -0.2) is 4.39 Å². The first kappa shape index (κ1) is 12.1. The van der Waals surface area contributed by atoms with E-state index in [0.717, 1.165) is 16.0 Å². The quantitative estimate of drug-likeness (QED) is 0.846. The average Bonchev–Trinajstić information content (AvgIpc) is 2.37. The summed E-state index contributed by atoms with van der Waals surface area (Å²) in [6.45, 7) is 0.0376. The van der Waals surface area contributed by atoms with E-state index in [0.29, 0.717) is 5.75 Å². The van der Waals surface area contributed by atoms with Crippen LogP contribution >= 0.6 is 11.8 Å². The van der Waals surface area contributed by atoms with Crippen LogP contribution in [-0.4, -0.2) is 10.1 Å². The molecule has 0 aliphatic carbocycles. The molecule has 1 aromatic carbocycles. The van der Waals surface area contributed by atoms with Crippen LogP contribution in [0.25, 0.3) is 0 Å². The maximum atomic E-state index is 12.9. The summed E-state index contributed by atoms with van der Waals surface area (Å²) in [6.07, 6.45) is 2.85. The molecule has 0 fully saturated rings. The van der Waals surface area contributed by atoms with E-state index in [4.69, 9.17) is 5.11 Å². The predicted molar refractivity (Wildman–Crippen MR) is 66.1 cm³/mol. The van der Waals surface area contributed by atoms with Gasteiger partial charge in [0.2, 0.25) is 0 Å². The molecular formula is C13H12FNOS. The third-order valence-electron chi connectivity index (χ3n) is 2.25. The maximum absolute atomic E-state index is 12.9. The molecule has 0 bridgehead atoms. The number of thioether (sulfide) groups is 1. The Morgan fingerprint density at radius 3 is 2.82 bits per heavy atom. The monoisotopic (exact) mass is 249 g/mol. The van der Waals surface area contributed by atoms with Gasteiger partial charge in [-0.3, -0.25) is 4.98 Å². The van der Waals surface area contributed by atoms with Crippen LogP contribution in [0.1, 0.15) is 11.1 Å². The lowest BCUT2D eigenvalue weighted by Gasteiger charge is -2.03. The molecule has 0 radical (unpaired) electrons. The van der Waals surface area contributed by atoms with Gasteiger partial charge >= 0.3 is 0 Å². The summed E-state index contributed by atoms with van der Waals surface area (Å²) in [5.74, 6) is 0.354. The highest BCUT2D eigenvalue weighted by Gasteiger charge is 1.99. The Labute approximate surface area is 104 Å². The van der Waals surface area contributed by atoms with Gasteiger partial charge in [0.15, 0.2) is 0 Å². The standard InChI is InChI=1S/C13H12FNOS/c14-12-4-11(6-15-7-12)9-17-13-3-1-2-10(5-13)8-16/h1-7,16H,8-9H2. The van der Waals surface area contributed by atoms with Gasteiger partial charge < -0.3 is 5.11 Å². The largest absolute Gasteiger partial charge is 0.392 e. The van der Waals surface area contributed by atoms with Crippen LogP contribution in [-0.2, 0) is 12.4 Å². The van der Waals surface area contributed by atoms with E-state index < -0.39 is 0 Å². The zero-order chi connectivity index (χ0) is 12.1. The number of rotatable bonds is 4. The van der Waals surface area contributed by atoms with Crippen molar-refractivity contribution < 1.29 is 9.50 Å². The third kappa shape index (κ3) is 3.54. The van der Waals surface area contributed by atoms with E-state index in [9.17, 15) is 4.39 Å². The highest BCUT2D eigenvalue weighted by Crippen LogP contribution is 2.23. The second-order valence-corrected chi connectivity index (χ2v) is 4.65. The fourth-order valence-corrected chi connectivity index (χ4v) is 2.34. The first-order chi connectivity index (χ1) is 8.28. The van der Waals surface area contributed by atoms with Crippen LogP contribution in [0.5, 0.6) is 0 Å². The molecule has 2 nitrogen and oxygen atoms in total. The van der Waals surface area contributed by atoms with E-state index in [-0.39, 0.29) is 12.4 Å². The highest BCUT2D eigenvalue weighted by molar-refractivity contribution is 7.98. The van der Waals surface area contributed by atoms with Crippen LogP contribution in [0.2, 0.25) is 0 Å². The van der Waals surface area contributed by atoms with E-state index in [2.05, 4.69) is 4.98 Å². The Bertz CT molecular complexity index is 504. The Kier molecular flexibility index (Phi) is 4.12. The number of hydrogen-bond acceptors (Lipinski definition) is 3. The van der Waals surface area contributed by atoms with Crippen LogP contribution in [0.4, 0.5) is 4.39 Å². The first-order valence-electron chi connectivity index (χ1n) is 5.20. The molecule has 2 aromatic rings. The summed E-state index contributed by atoms with van der Waals surface area (Å²) in [6, 6.07) is 9.15. The van der Waals surface area contributed by atoms with Crippen molar-refractivity contribution >= 4 is 11.8 Å². The lowest BCUT2D eigenvalue weighted by Crippen LogP contribution is -1.86. The number of hydrogen-bond donors (Lipinski definition) is 1. The van der Waals surface area contributed by atoms with Gasteiger partial charge in [0.25, 0.3) is 0 Å². The minimum Gasteiger partial charge on any atom is -0.392 e. The summed E-state index contributed by atoms with van der Waals surface area (Å²) in [7, 11) is 0. The van der Waals surface area contributed by atoms with E-state index in [1.807, 2.05) is 24.3 Å². The maximum Gasteiger partial charge on any atom is 0.141 e. The fraction of sp³-hybridized carbons (Fsp3) is 0.154. The SMILES string of the molecule is OCc1cccc(SCc2cncc(F)c2)c1. The van der Waals surface area contributed by atoms with Crippen molar-refractivity contribution in [1.29, 1.82) is 0 Å². The van der Waals surface area contributed by atoms with Crippen molar-refractivity contribution in [2.75, 3.05) is 0 Å². The van der Waals surface area contributed by atoms with Gasteiger partial charge in [-0.05, 0) is 29.3 Å². The minimum absolute atomic E-state index is 0.0376. The van der Waals surface area contributed by atoms with Gasteiger partial charge in [0.1, 0.15) is 5.82 Å². The zero-order valence-electron chi connectivity index (χ0n) is 9.14. The molecule has 0 aliphatic rings. The smallest absolute Gasteiger partial charge is 0.141 e. The molecule has 2 rings (SSSR count). The molecular weight excluding hydrogens is 237 g/mol. The lowest BCUT2D eigenvalue weighted by molar-refractivity contribution is 0.281. The van der Waals surface area contributed by atoms with Crippen LogP contribution in [0.15, 0.2) is 47.6 Å². The normalized spacial score (nSPS) is 10.5. The number of aliphatic hydroxyl groups is 1. The molecule has 4 heteroatoms. The summed E-state index contributed by atoms with van der Waals surface area (Å²) in [5, 5.41) is 9.01. The third-order valence-corrected chi connectivity index (χ3v) is 3.31. The summed E-state index contributed by atoms with van der Waals surface area (Å²) in [5.41, 5.74) is 1.73. The van der Waals surface area contributed by atoms with Crippen LogP contribution in [0, 0.1) is 5.82 Å². The molecule has 0 saturated carbocycles. The molecule has 0 atom stereocenters. The number of aromatic nitrogens is 1. The molecule has 0 unspecified atom stereocenters. The zero-order valence-corrected chi connectivity index (χ0v) is 9.95. The molecule has 0 saturated heterocycles. The van der Waals surface area contributed by atoms with Gasteiger partial charge in [-0.1, -0.05) is 12.1 Å². The number of nitrogens with zero attached hydrogens (tertiary/aromatic N) is 1. The van der Waals surface area contributed by atoms with Gasteiger partial charge in [-0.15, -0.1) is 11.8 Å². The predicted octanol–water partition coefficient (Wildman–Crippen LogP) is 3.01. The van der Waals surface area contributed by atoms with E-state index in [1.165, 1.54) is 12.3 Å². The molecule has 1 heterocycles. The van der Waals surface area contributed by atoms with Crippen molar-refractivity contribution in [3.63, 3.8) is 0 Å². The van der Waals surface area contributed by atoms with Crippen LogP contribution in [0.3, 0.4) is 0 Å². The topological polar surface area (TPSA) is 33.1 Å². The summed E-state index contributed by atoms with van der Waals surface area (Å²) >= 11 is 1.59. The fourth-order valence-electron chi connectivity index (χ4n) is 1.44. The number of pyridine rings is 1. The molecule has 1 aromatic heterocycles. The van der Waals surface area contributed by atoms with Crippen molar-refractivity contribution in [3.05, 3.63) is 59.7 Å². The Morgan fingerprint density at radius 2 is 2.06 bits per heavy atom. The molecule has 0 spiro atoms.